The fraction of sp³-hybridized carbons (Fsp3) is 0.714. The first-order valence-corrected chi connectivity index (χ1v) is 10.8. The van der Waals surface area contributed by atoms with E-state index in [9.17, 15) is 4.79 Å². The van der Waals surface area contributed by atoms with Crippen LogP contribution in [0.25, 0.3) is 11.2 Å². The van der Waals surface area contributed by atoms with Gasteiger partial charge in [-0.2, -0.15) is 0 Å². The quantitative estimate of drug-likeness (QED) is 0.759. The Balaban J connectivity index is 1.10. The summed E-state index contributed by atoms with van der Waals surface area (Å²) >= 11 is 0. The van der Waals surface area contributed by atoms with Crippen molar-refractivity contribution >= 4 is 22.9 Å². The van der Waals surface area contributed by atoms with Gasteiger partial charge in [0.25, 0.3) is 0 Å². The number of anilines is 1. The van der Waals surface area contributed by atoms with E-state index in [4.69, 9.17) is 4.74 Å². The van der Waals surface area contributed by atoms with Crippen molar-refractivity contribution in [3.05, 3.63) is 12.7 Å². The van der Waals surface area contributed by atoms with Crippen LogP contribution < -0.4 is 4.90 Å². The zero-order valence-corrected chi connectivity index (χ0v) is 16.9. The Bertz CT molecular complexity index is 1040. The molecule has 2 bridgehead atoms. The van der Waals surface area contributed by atoms with E-state index in [0.717, 1.165) is 55.5 Å². The molecule has 0 spiro atoms. The maximum absolute atomic E-state index is 13.3. The van der Waals surface area contributed by atoms with Gasteiger partial charge in [-0.05, 0) is 24.7 Å². The summed E-state index contributed by atoms with van der Waals surface area (Å²) in [6.45, 7) is 5.84. The number of hydrogen-bond donors (Lipinski definition) is 0. The number of likely N-dealkylation sites (tertiary alicyclic amines) is 1. The van der Waals surface area contributed by atoms with Crippen LogP contribution in [0.2, 0.25) is 0 Å². The van der Waals surface area contributed by atoms with Gasteiger partial charge < -0.3 is 19.1 Å². The SMILES string of the molecule is Cn1cnc2c(N3C[C@@H]4CN(C(=O)[C@@H]5C[C@@H]6O[C@H]5[C@H]5C[C@H]56)C[C@]4(C)C3)ncnc21. The molecular formula is C21H26N6O2. The zero-order valence-electron chi connectivity index (χ0n) is 16.9. The van der Waals surface area contributed by atoms with E-state index in [2.05, 4.69) is 31.7 Å². The van der Waals surface area contributed by atoms with Crippen LogP contribution in [0.5, 0.6) is 0 Å². The molecule has 5 fully saturated rings. The summed E-state index contributed by atoms with van der Waals surface area (Å²) < 4.78 is 8.02. The van der Waals surface area contributed by atoms with Crippen LogP contribution in [-0.4, -0.2) is 68.7 Å². The van der Waals surface area contributed by atoms with Crippen LogP contribution >= 0.6 is 0 Å². The van der Waals surface area contributed by atoms with Gasteiger partial charge in [-0.1, -0.05) is 6.92 Å². The highest BCUT2D eigenvalue weighted by Gasteiger charge is 2.65. The molecule has 152 valence electrons. The van der Waals surface area contributed by atoms with Crippen LogP contribution in [0.1, 0.15) is 19.8 Å². The Hall–Kier alpha value is -2.22. The second-order valence-corrected chi connectivity index (χ2v) is 10.2. The lowest BCUT2D eigenvalue weighted by Gasteiger charge is -2.28. The van der Waals surface area contributed by atoms with E-state index in [1.807, 2.05) is 11.6 Å². The molecule has 7 atom stereocenters. The van der Waals surface area contributed by atoms with Crippen molar-refractivity contribution in [2.75, 3.05) is 31.1 Å². The minimum atomic E-state index is 0.0995. The number of aryl methyl sites for hydroxylation is 1. The Kier molecular flexibility index (Phi) is 3.01. The number of nitrogens with zero attached hydrogens (tertiary/aromatic N) is 6. The number of fused-ring (bicyclic) bond motifs is 7. The third-order valence-corrected chi connectivity index (χ3v) is 8.38. The number of hydrogen-bond acceptors (Lipinski definition) is 6. The molecule has 4 saturated heterocycles. The molecule has 7 rings (SSSR count). The molecule has 0 aromatic carbocycles. The predicted molar refractivity (Wildman–Crippen MR) is 105 cm³/mol. The van der Waals surface area contributed by atoms with Crippen LogP contribution in [0, 0.1) is 29.1 Å². The molecule has 5 aliphatic rings. The lowest BCUT2D eigenvalue weighted by Crippen LogP contribution is -2.42. The Morgan fingerprint density at radius 3 is 2.86 bits per heavy atom. The van der Waals surface area contributed by atoms with E-state index in [-0.39, 0.29) is 17.4 Å². The second-order valence-electron chi connectivity index (χ2n) is 10.2. The Morgan fingerprint density at radius 2 is 2.07 bits per heavy atom. The average Bonchev–Trinajstić information content (AvgIpc) is 3.03. The first-order chi connectivity index (χ1) is 14.0. The summed E-state index contributed by atoms with van der Waals surface area (Å²) in [7, 11) is 1.96. The number of rotatable bonds is 2. The van der Waals surface area contributed by atoms with Crippen LogP contribution in [0.15, 0.2) is 12.7 Å². The van der Waals surface area contributed by atoms with Crippen molar-refractivity contribution in [1.29, 1.82) is 0 Å². The van der Waals surface area contributed by atoms with Crippen molar-refractivity contribution in [3.63, 3.8) is 0 Å². The molecule has 29 heavy (non-hydrogen) atoms. The van der Waals surface area contributed by atoms with Crippen molar-refractivity contribution in [2.24, 2.45) is 36.1 Å². The fourth-order valence-corrected chi connectivity index (χ4v) is 6.76. The van der Waals surface area contributed by atoms with Gasteiger partial charge in [0.05, 0.1) is 24.5 Å². The Morgan fingerprint density at radius 1 is 1.17 bits per heavy atom. The zero-order chi connectivity index (χ0) is 19.5. The molecule has 1 aliphatic carbocycles. The van der Waals surface area contributed by atoms with Gasteiger partial charge in [0.2, 0.25) is 5.91 Å². The largest absolute Gasteiger partial charge is 0.374 e. The average molecular weight is 394 g/mol. The molecule has 8 heteroatoms. The van der Waals surface area contributed by atoms with Crippen molar-refractivity contribution < 1.29 is 9.53 Å². The standard InChI is InChI=1S/C21H26N6O2/c1-21-7-26(19-16-18(22-9-23-19)25(2)10-24-16)5-11(21)6-27(8-21)20(28)14-4-15-12-3-13(12)17(14)29-15/h9-15,17H,3-8H2,1-2H3/t11-,12-,13+,14-,15+,17+,21+/m1/s1. The maximum Gasteiger partial charge on any atom is 0.228 e. The third-order valence-electron chi connectivity index (χ3n) is 8.38. The van der Waals surface area contributed by atoms with E-state index in [0.29, 0.717) is 23.8 Å². The number of carbonyl (C=O) groups is 1. The number of imidazole rings is 1. The predicted octanol–water partition coefficient (Wildman–Crippen LogP) is 1.07. The van der Waals surface area contributed by atoms with Crippen molar-refractivity contribution in [3.8, 4) is 0 Å². The highest BCUT2D eigenvalue weighted by molar-refractivity contribution is 5.84. The molecular weight excluding hydrogens is 368 g/mol. The molecule has 2 aromatic rings. The summed E-state index contributed by atoms with van der Waals surface area (Å²) in [5, 5.41) is 0. The van der Waals surface area contributed by atoms with E-state index in [1.54, 1.807) is 12.7 Å². The summed E-state index contributed by atoms with van der Waals surface area (Å²) in [6.07, 6.45) is 6.24. The second kappa shape index (κ2) is 5.28. The number of ether oxygens (including phenoxy) is 1. The van der Waals surface area contributed by atoms with Gasteiger partial charge >= 0.3 is 0 Å². The molecule has 1 saturated carbocycles. The molecule has 0 radical (unpaired) electrons. The maximum atomic E-state index is 13.3. The molecule has 6 heterocycles. The van der Waals surface area contributed by atoms with Gasteiger partial charge in [-0.3, -0.25) is 4.79 Å². The molecule has 0 unspecified atom stereocenters. The van der Waals surface area contributed by atoms with Crippen molar-refractivity contribution in [2.45, 2.75) is 32.0 Å². The van der Waals surface area contributed by atoms with Gasteiger partial charge in [0.1, 0.15) is 6.33 Å². The van der Waals surface area contributed by atoms with Crippen LogP contribution in [-0.2, 0) is 16.6 Å². The Labute approximate surface area is 169 Å². The van der Waals surface area contributed by atoms with Crippen LogP contribution in [0.4, 0.5) is 5.82 Å². The topological polar surface area (TPSA) is 76.4 Å². The lowest BCUT2D eigenvalue weighted by molar-refractivity contribution is -0.136. The van der Waals surface area contributed by atoms with Gasteiger partial charge in [0.15, 0.2) is 17.0 Å². The van der Waals surface area contributed by atoms with Gasteiger partial charge in [-0.25, -0.2) is 15.0 Å². The van der Waals surface area contributed by atoms with Crippen LogP contribution in [0.3, 0.4) is 0 Å². The minimum Gasteiger partial charge on any atom is -0.374 e. The summed E-state index contributed by atoms with van der Waals surface area (Å²) in [4.78, 5) is 31.2. The molecule has 1 amide bonds. The molecule has 0 N–H and O–H groups in total. The first kappa shape index (κ1) is 16.6. The van der Waals surface area contributed by atoms with E-state index >= 15 is 0 Å². The summed E-state index contributed by atoms with van der Waals surface area (Å²) in [5.74, 6) is 3.29. The fourth-order valence-electron chi connectivity index (χ4n) is 6.76. The minimum absolute atomic E-state index is 0.0995. The number of carbonyl (C=O) groups excluding carboxylic acids is 1. The van der Waals surface area contributed by atoms with E-state index in [1.165, 1.54) is 6.42 Å². The van der Waals surface area contributed by atoms with Gasteiger partial charge in [0, 0.05) is 44.6 Å². The number of amides is 1. The summed E-state index contributed by atoms with van der Waals surface area (Å²) in [5.41, 5.74) is 1.83. The highest BCUT2D eigenvalue weighted by Crippen LogP contribution is 2.61. The summed E-state index contributed by atoms with van der Waals surface area (Å²) in [6, 6.07) is 0. The smallest absolute Gasteiger partial charge is 0.228 e. The normalized spacial score (nSPS) is 42.0. The lowest BCUT2D eigenvalue weighted by atomic mass is 9.83. The van der Waals surface area contributed by atoms with E-state index < -0.39 is 0 Å². The molecule has 8 nitrogen and oxygen atoms in total. The third kappa shape index (κ3) is 2.13. The molecule has 4 aliphatic heterocycles. The van der Waals surface area contributed by atoms with Gasteiger partial charge in [-0.15, -0.1) is 0 Å². The number of aromatic nitrogens is 4. The monoisotopic (exact) mass is 394 g/mol. The van der Waals surface area contributed by atoms with Crippen molar-refractivity contribution in [1.82, 2.24) is 24.4 Å². The molecule has 2 aromatic heterocycles. The first-order valence-electron chi connectivity index (χ1n) is 10.8. The highest BCUT2D eigenvalue weighted by atomic mass is 16.5.